The van der Waals surface area contributed by atoms with Gasteiger partial charge in [0.1, 0.15) is 0 Å². The third-order valence-corrected chi connectivity index (χ3v) is 2.25. The van der Waals surface area contributed by atoms with Crippen LogP contribution in [-0.4, -0.2) is 19.3 Å². The van der Waals surface area contributed by atoms with Crippen molar-refractivity contribution in [1.82, 2.24) is 5.32 Å². The van der Waals surface area contributed by atoms with Gasteiger partial charge in [0.2, 0.25) is 0 Å². The maximum Gasteiger partial charge on any atom is 0.0445 e. The van der Waals surface area contributed by atoms with Gasteiger partial charge in [-0.15, -0.1) is 0 Å². The first-order chi connectivity index (χ1) is 7.19. The quantitative estimate of drug-likeness (QED) is 0.665. The van der Waals surface area contributed by atoms with Crippen LogP contribution in [0.1, 0.15) is 40.5 Å². The highest BCUT2D eigenvalue weighted by Gasteiger charge is 2.03. The van der Waals surface area contributed by atoms with E-state index >= 15 is 0 Å². The monoisotopic (exact) mass is 208 g/mol. The molecule has 0 unspecified atom stereocenters. The van der Waals surface area contributed by atoms with Gasteiger partial charge in [-0.3, -0.25) is 4.99 Å². The molecule has 86 valence electrons. The molecule has 0 aromatic heterocycles. The zero-order valence-electron chi connectivity index (χ0n) is 10.7. The van der Waals surface area contributed by atoms with Crippen LogP contribution in [0.15, 0.2) is 28.4 Å². The van der Waals surface area contributed by atoms with Crippen LogP contribution in [0.2, 0.25) is 0 Å². The molecule has 0 saturated heterocycles. The molecule has 0 amide bonds. The summed E-state index contributed by atoms with van der Waals surface area (Å²) in [6, 6.07) is 0. The molecule has 0 aliphatic carbocycles. The minimum Gasteiger partial charge on any atom is -0.316 e. The van der Waals surface area contributed by atoms with E-state index in [0.29, 0.717) is 0 Å². The second-order valence-electron chi connectivity index (χ2n) is 3.51. The lowest BCUT2D eigenvalue weighted by atomic mass is 10.1. The van der Waals surface area contributed by atoms with Crippen molar-refractivity contribution in [3.8, 4) is 0 Å². The molecule has 2 heteroatoms. The van der Waals surface area contributed by atoms with E-state index in [1.807, 2.05) is 27.0 Å². The van der Waals surface area contributed by atoms with Crippen molar-refractivity contribution < 1.29 is 0 Å². The van der Waals surface area contributed by atoms with Crippen LogP contribution < -0.4 is 5.32 Å². The van der Waals surface area contributed by atoms with Crippen molar-refractivity contribution in [3.05, 3.63) is 23.4 Å². The van der Waals surface area contributed by atoms with Crippen molar-refractivity contribution >= 4 is 5.71 Å². The second kappa shape index (κ2) is 8.42. The molecule has 0 bridgehead atoms. The molecular formula is C13H24N2. The minimum atomic E-state index is 0.900. The number of nitrogens with one attached hydrogen (secondary N) is 1. The Kier molecular flexibility index (Phi) is 7.92. The minimum absolute atomic E-state index is 0.900. The molecular weight excluding hydrogens is 184 g/mol. The lowest BCUT2D eigenvalue weighted by molar-refractivity contribution is 0.892. The van der Waals surface area contributed by atoms with Crippen LogP contribution in [0, 0.1) is 0 Å². The second-order valence-corrected chi connectivity index (χ2v) is 3.51. The number of aliphatic imine (C=N–C) groups is 1. The Morgan fingerprint density at radius 1 is 1.33 bits per heavy atom. The summed E-state index contributed by atoms with van der Waals surface area (Å²) >= 11 is 0. The van der Waals surface area contributed by atoms with Crippen LogP contribution in [0.4, 0.5) is 0 Å². The topological polar surface area (TPSA) is 24.4 Å². The van der Waals surface area contributed by atoms with Crippen LogP contribution in [0.3, 0.4) is 0 Å². The molecule has 0 aliphatic heterocycles. The summed E-state index contributed by atoms with van der Waals surface area (Å²) in [5, 5.41) is 3.19. The standard InChI is InChI=1S/C13H24N2/c1-6-9-12(10-14-5)13(8-3)15-11(4)7-2/h7,9,14H,6,8,10H2,1-5H3/b11-7?,12-9-,15-13-. The number of allylic oxidation sites excluding steroid dienone is 3. The van der Waals surface area contributed by atoms with Crippen LogP contribution in [-0.2, 0) is 0 Å². The summed E-state index contributed by atoms with van der Waals surface area (Å²) in [6.45, 7) is 9.27. The van der Waals surface area contributed by atoms with Crippen molar-refractivity contribution in [3.63, 3.8) is 0 Å². The maximum absolute atomic E-state index is 4.62. The molecule has 0 fully saturated rings. The van der Waals surface area contributed by atoms with E-state index in [1.165, 1.54) is 11.3 Å². The first kappa shape index (κ1) is 14.1. The summed E-state index contributed by atoms with van der Waals surface area (Å²) in [5.74, 6) is 0. The van der Waals surface area contributed by atoms with Crippen LogP contribution in [0.25, 0.3) is 0 Å². The molecule has 15 heavy (non-hydrogen) atoms. The molecule has 0 heterocycles. The predicted octanol–water partition coefficient (Wildman–Crippen LogP) is 3.32. The number of hydrogen-bond donors (Lipinski definition) is 1. The fraction of sp³-hybridized carbons (Fsp3) is 0.615. The van der Waals surface area contributed by atoms with E-state index in [4.69, 9.17) is 0 Å². The van der Waals surface area contributed by atoms with Gasteiger partial charge in [-0.25, -0.2) is 0 Å². The molecule has 0 aromatic rings. The Balaban J connectivity index is 4.89. The van der Waals surface area contributed by atoms with Crippen LogP contribution >= 0.6 is 0 Å². The Morgan fingerprint density at radius 2 is 2.00 bits per heavy atom. The van der Waals surface area contributed by atoms with Crippen LogP contribution in [0.5, 0.6) is 0 Å². The number of likely N-dealkylation sites (N-methyl/N-ethyl adjacent to an activating group) is 1. The third-order valence-electron chi connectivity index (χ3n) is 2.25. The highest BCUT2D eigenvalue weighted by atomic mass is 14.8. The molecule has 0 aromatic carbocycles. The summed E-state index contributed by atoms with van der Waals surface area (Å²) < 4.78 is 0. The average molecular weight is 208 g/mol. The van der Waals surface area contributed by atoms with Gasteiger partial charge >= 0.3 is 0 Å². The smallest absolute Gasteiger partial charge is 0.0445 e. The Bertz CT molecular complexity index is 260. The zero-order valence-corrected chi connectivity index (χ0v) is 10.7. The lowest BCUT2D eigenvalue weighted by Gasteiger charge is -2.09. The molecule has 1 N–H and O–H groups in total. The normalized spacial score (nSPS) is 14.6. The number of rotatable bonds is 6. The molecule has 0 atom stereocenters. The zero-order chi connectivity index (χ0) is 11.7. The Morgan fingerprint density at radius 3 is 2.40 bits per heavy atom. The number of hydrogen-bond acceptors (Lipinski definition) is 2. The van der Waals surface area contributed by atoms with E-state index in [-0.39, 0.29) is 0 Å². The highest BCUT2D eigenvalue weighted by Crippen LogP contribution is 2.07. The molecule has 0 aliphatic rings. The first-order valence-corrected chi connectivity index (χ1v) is 5.74. The van der Waals surface area contributed by atoms with Gasteiger partial charge in [-0.05, 0) is 39.3 Å². The largest absolute Gasteiger partial charge is 0.316 e. The fourth-order valence-corrected chi connectivity index (χ4v) is 1.38. The summed E-state index contributed by atoms with van der Waals surface area (Å²) in [4.78, 5) is 4.62. The summed E-state index contributed by atoms with van der Waals surface area (Å²) in [5.41, 5.74) is 3.61. The van der Waals surface area contributed by atoms with Gasteiger partial charge in [0.25, 0.3) is 0 Å². The van der Waals surface area contributed by atoms with E-state index in [2.05, 4.69) is 30.2 Å². The van der Waals surface area contributed by atoms with Gasteiger partial charge in [0.05, 0.1) is 0 Å². The average Bonchev–Trinajstić information content (AvgIpc) is 2.25. The van der Waals surface area contributed by atoms with E-state index in [0.717, 1.165) is 25.1 Å². The highest BCUT2D eigenvalue weighted by molar-refractivity contribution is 6.00. The van der Waals surface area contributed by atoms with Gasteiger partial charge < -0.3 is 5.32 Å². The molecule has 0 rings (SSSR count). The summed E-state index contributed by atoms with van der Waals surface area (Å²) in [6.07, 6.45) is 6.34. The molecule has 0 radical (unpaired) electrons. The van der Waals surface area contributed by atoms with Crippen molar-refractivity contribution in [2.24, 2.45) is 4.99 Å². The molecule has 2 nitrogen and oxygen atoms in total. The van der Waals surface area contributed by atoms with Crippen molar-refractivity contribution in [1.29, 1.82) is 0 Å². The van der Waals surface area contributed by atoms with Crippen molar-refractivity contribution in [2.75, 3.05) is 13.6 Å². The number of nitrogens with zero attached hydrogens (tertiary/aromatic N) is 1. The van der Waals surface area contributed by atoms with Gasteiger partial charge in [-0.1, -0.05) is 26.0 Å². The molecule has 0 saturated carbocycles. The van der Waals surface area contributed by atoms with E-state index < -0.39 is 0 Å². The predicted molar refractivity (Wildman–Crippen MR) is 69.5 cm³/mol. The van der Waals surface area contributed by atoms with Gasteiger partial charge in [0, 0.05) is 18.0 Å². The third kappa shape index (κ3) is 5.53. The van der Waals surface area contributed by atoms with Crippen molar-refractivity contribution in [2.45, 2.75) is 40.5 Å². The first-order valence-electron chi connectivity index (χ1n) is 5.74. The van der Waals surface area contributed by atoms with Gasteiger partial charge in [-0.2, -0.15) is 0 Å². The summed E-state index contributed by atoms with van der Waals surface area (Å²) in [7, 11) is 1.97. The van der Waals surface area contributed by atoms with E-state index in [9.17, 15) is 0 Å². The van der Waals surface area contributed by atoms with Gasteiger partial charge in [0.15, 0.2) is 0 Å². The Labute approximate surface area is 94.2 Å². The Hall–Kier alpha value is -0.890. The SMILES string of the molecule is CC=C(C)/N=C(CC)\C(=C/CC)CNC. The van der Waals surface area contributed by atoms with E-state index in [1.54, 1.807) is 0 Å². The fourth-order valence-electron chi connectivity index (χ4n) is 1.38. The maximum atomic E-state index is 4.62. The molecule has 0 spiro atoms. The lowest BCUT2D eigenvalue weighted by Crippen LogP contribution is -2.16.